The largest absolute Gasteiger partial charge is 0.315 e. The highest BCUT2D eigenvalue weighted by Gasteiger charge is 2.51. The third kappa shape index (κ3) is 5.51. The van der Waals surface area contributed by atoms with Gasteiger partial charge in [-0.25, -0.2) is 17.2 Å². The predicted octanol–water partition coefficient (Wildman–Crippen LogP) is 4.11. The first kappa shape index (κ1) is 17.1. The Balaban J connectivity index is 2.84. The molecule has 0 saturated carbocycles. The molecule has 0 heterocycles. The number of thioether (sulfide) groups is 1. The molecule has 0 radical (unpaired) electrons. The van der Waals surface area contributed by atoms with Crippen LogP contribution in [0.5, 0.6) is 0 Å². The fraction of sp³-hybridized carbons (Fsp3) is 0.333. The van der Waals surface area contributed by atoms with Crippen LogP contribution in [0, 0.1) is 0 Å². The van der Waals surface area contributed by atoms with E-state index in [9.17, 15) is 17.2 Å². The van der Waals surface area contributed by atoms with Gasteiger partial charge in [-0.05, 0) is 24.3 Å². The van der Waals surface area contributed by atoms with Crippen LogP contribution in [0.1, 0.15) is 0 Å². The molecule has 108 valence electrons. The lowest BCUT2D eigenvalue weighted by molar-refractivity contribution is 0.240. The van der Waals surface area contributed by atoms with Crippen LogP contribution < -0.4 is 4.72 Å². The summed E-state index contributed by atoms with van der Waals surface area (Å²) in [6.45, 7) is 0. The van der Waals surface area contributed by atoms with Crippen LogP contribution in [0.2, 0.25) is 0 Å². The molecule has 0 aromatic heterocycles. The lowest BCUT2D eigenvalue weighted by Gasteiger charge is -2.23. The number of benzene rings is 1. The van der Waals surface area contributed by atoms with Crippen LogP contribution >= 0.6 is 46.6 Å². The van der Waals surface area contributed by atoms with Gasteiger partial charge in [0, 0.05) is 10.6 Å². The van der Waals surface area contributed by atoms with E-state index < -0.39 is 19.1 Å². The third-order valence-corrected chi connectivity index (χ3v) is 4.82. The molecular formula is C9H8Cl3F2NO2S2. The molecule has 0 bridgehead atoms. The van der Waals surface area contributed by atoms with Crippen molar-refractivity contribution in [3.05, 3.63) is 24.3 Å². The zero-order valence-electron chi connectivity index (χ0n) is 9.33. The Morgan fingerprint density at radius 3 is 2.00 bits per heavy atom. The van der Waals surface area contributed by atoms with Crippen molar-refractivity contribution in [2.45, 2.75) is 13.9 Å². The fourth-order valence-corrected chi connectivity index (χ4v) is 2.76. The van der Waals surface area contributed by atoms with Gasteiger partial charge in [-0.1, -0.05) is 46.6 Å². The summed E-state index contributed by atoms with van der Waals surface area (Å²) in [5.74, 6) is 0. The van der Waals surface area contributed by atoms with Crippen LogP contribution in [0.25, 0.3) is 0 Å². The Bertz CT molecular complexity index is 544. The molecule has 0 aliphatic carbocycles. The minimum atomic E-state index is -3.41. The first-order valence-corrected chi connectivity index (χ1v) is 8.46. The van der Waals surface area contributed by atoms with E-state index in [1.807, 2.05) is 0 Å². The number of rotatable bonds is 5. The lowest BCUT2D eigenvalue weighted by Crippen LogP contribution is -2.29. The average molecular weight is 371 g/mol. The zero-order chi connectivity index (χ0) is 14.9. The van der Waals surface area contributed by atoms with Gasteiger partial charge in [0.05, 0.1) is 6.26 Å². The van der Waals surface area contributed by atoms with Crippen molar-refractivity contribution in [3.8, 4) is 0 Å². The van der Waals surface area contributed by atoms with Gasteiger partial charge in [0.15, 0.2) is 0 Å². The first-order chi connectivity index (χ1) is 8.41. The van der Waals surface area contributed by atoms with E-state index in [-0.39, 0.29) is 22.3 Å². The van der Waals surface area contributed by atoms with Crippen LogP contribution in [0.3, 0.4) is 0 Å². The first-order valence-electron chi connectivity index (χ1n) is 4.62. The molecule has 3 nitrogen and oxygen atoms in total. The minimum Gasteiger partial charge on any atom is -0.284 e. The monoisotopic (exact) mass is 369 g/mol. The predicted molar refractivity (Wildman–Crippen MR) is 76.0 cm³/mol. The maximum atomic E-state index is 13.6. The summed E-state index contributed by atoms with van der Waals surface area (Å²) in [6.07, 6.45) is 0.986. The lowest BCUT2D eigenvalue weighted by atomic mass is 10.3. The highest BCUT2D eigenvalue weighted by molar-refractivity contribution is 8.02. The van der Waals surface area contributed by atoms with Crippen molar-refractivity contribution in [2.24, 2.45) is 0 Å². The molecule has 0 amide bonds. The SMILES string of the molecule is CS(=O)(=O)Nc1ccc(SC(F)(Cl)C(F)(Cl)Cl)cc1. The zero-order valence-corrected chi connectivity index (χ0v) is 13.2. The molecule has 1 aromatic carbocycles. The van der Waals surface area contributed by atoms with Gasteiger partial charge in [-0.3, -0.25) is 4.72 Å². The maximum absolute atomic E-state index is 13.6. The second kappa shape index (κ2) is 5.81. The van der Waals surface area contributed by atoms with E-state index in [1.165, 1.54) is 24.3 Å². The smallest absolute Gasteiger partial charge is 0.284 e. The Morgan fingerprint density at radius 2 is 1.63 bits per heavy atom. The second-order valence-corrected chi connectivity index (χ2v) is 8.48. The number of halogens is 5. The molecular weight excluding hydrogens is 363 g/mol. The average Bonchev–Trinajstić information content (AvgIpc) is 2.16. The maximum Gasteiger partial charge on any atom is 0.315 e. The summed E-state index contributed by atoms with van der Waals surface area (Å²) in [5, 5.41) is 0. The fourth-order valence-electron chi connectivity index (χ4n) is 1.01. The number of alkyl halides is 5. The quantitative estimate of drug-likeness (QED) is 0.626. The molecule has 0 aliphatic rings. The van der Waals surface area contributed by atoms with E-state index in [0.717, 1.165) is 6.26 Å². The number of hydrogen-bond acceptors (Lipinski definition) is 3. The van der Waals surface area contributed by atoms with E-state index in [2.05, 4.69) is 4.72 Å². The van der Waals surface area contributed by atoms with Crippen molar-refractivity contribution in [1.82, 2.24) is 0 Å². The van der Waals surface area contributed by atoms with Gasteiger partial charge in [0.1, 0.15) is 0 Å². The Labute approximate surface area is 128 Å². The summed E-state index contributed by atoms with van der Waals surface area (Å²) >= 11 is 15.4. The van der Waals surface area contributed by atoms with Crippen molar-refractivity contribution in [1.29, 1.82) is 0 Å². The second-order valence-electron chi connectivity index (χ2n) is 3.52. The van der Waals surface area contributed by atoms with Crippen LogP contribution in [0.15, 0.2) is 29.2 Å². The van der Waals surface area contributed by atoms with E-state index in [4.69, 9.17) is 34.8 Å². The van der Waals surface area contributed by atoms with Gasteiger partial charge in [0.2, 0.25) is 10.0 Å². The third-order valence-electron chi connectivity index (χ3n) is 1.73. The summed E-state index contributed by atoms with van der Waals surface area (Å²) in [5.41, 5.74) is 0.272. The summed E-state index contributed by atoms with van der Waals surface area (Å²) in [4.78, 5) is 0.222. The van der Waals surface area contributed by atoms with Gasteiger partial charge in [-0.2, -0.15) is 0 Å². The van der Waals surface area contributed by atoms with Crippen LogP contribution in [-0.2, 0) is 10.0 Å². The topological polar surface area (TPSA) is 46.2 Å². The van der Waals surface area contributed by atoms with E-state index in [1.54, 1.807) is 0 Å². The molecule has 0 spiro atoms. The minimum absolute atomic E-state index is 0.222. The molecule has 1 N–H and O–H groups in total. The van der Waals surface area contributed by atoms with E-state index in [0.29, 0.717) is 0 Å². The summed E-state index contributed by atoms with van der Waals surface area (Å²) in [7, 11) is -3.41. The Kier molecular flexibility index (Phi) is 5.23. The van der Waals surface area contributed by atoms with Crippen LogP contribution in [-0.4, -0.2) is 23.7 Å². The van der Waals surface area contributed by atoms with Crippen molar-refractivity contribution < 1.29 is 17.2 Å². The normalized spacial score (nSPS) is 15.9. The van der Waals surface area contributed by atoms with E-state index >= 15 is 0 Å². The number of hydrogen-bond donors (Lipinski definition) is 1. The molecule has 0 fully saturated rings. The highest BCUT2D eigenvalue weighted by atomic mass is 35.5. The van der Waals surface area contributed by atoms with Gasteiger partial charge in [0.25, 0.3) is 4.46 Å². The highest BCUT2D eigenvalue weighted by Crippen LogP contribution is 2.52. The molecule has 0 saturated heterocycles. The molecule has 1 rings (SSSR count). The van der Waals surface area contributed by atoms with Crippen molar-refractivity contribution >= 4 is 62.3 Å². The van der Waals surface area contributed by atoms with Crippen LogP contribution in [0.4, 0.5) is 14.5 Å². The van der Waals surface area contributed by atoms with Gasteiger partial charge >= 0.3 is 4.59 Å². The molecule has 1 aromatic rings. The number of sulfonamides is 1. The van der Waals surface area contributed by atoms with Gasteiger partial charge < -0.3 is 0 Å². The Hall–Kier alpha value is 0.0500. The molecule has 19 heavy (non-hydrogen) atoms. The molecule has 10 heteroatoms. The molecule has 1 unspecified atom stereocenters. The summed E-state index contributed by atoms with van der Waals surface area (Å²) < 4.78 is 44.5. The van der Waals surface area contributed by atoms with Crippen molar-refractivity contribution in [3.63, 3.8) is 0 Å². The standard InChI is InChI=1S/C9H8Cl3F2NO2S2/c1-19(16,17)15-6-2-4-7(5-3-6)18-9(12,14)8(10,11)13/h2-5,15H,1H3. The van der Waals surface area contributed by atoms with Gasteiger partial charge in [-0.15, -0.1) is 0 Å². The molecule has 1 atom stereocenters. The summed E-state index contributed by atoms with van der Waals surface area (Å²) in [6, 6.07) is 5.40. The molecule has 0 aliphatic heterocycles. The van der Waals surface area contributed by atoms with Crippen molar-refractivity contribution in [2.75, 3.05) is 11.0 Å². The Morgan fingerprint density at radius 1 is 1.16 bits per heavy atom. The number of nitrogens with one attached hydrogen (secondary N) is 1. The number of anilines is 1.